The highest BCUT2D eigenvalue weighted by Gasteiger charge is 2.28. The second-order valence-corrected chi connectivity index (χ2v) is 7.00. The fraction of sp³-hybridized carbons (Fsp3) is 0.364. The van der Waals surface area contributed by atoms with E-state index in [0.717, 1.165) is 12.8 Å². The quantitative estimate of drug-likeness (QED) is 0.364. The molecule has 160 valence electrons. The van der Waals surface area contributed by atoms with Gasteiger partial charge >= 0.3 is 0 Å². The molecule has 1 N–H and O–H groups in total. The third-order valence-corrected chi connectivity index (χ3v) is 4.83. The predicted molar refractivity (Wildman–Crippen MR) is 111 cm³/mol. The highest BCUT2D eigenvalue weighted by Crippen LogP contribution is 2.21. The lowest BCUT2D eigenvalue weighted by molar-refractivity contribution is -0.385. The molecule has 7 nitrogen and oxygen atoms in total. The van der Waals surface area contributed by atoms with Crippen molar-refractivity contribution >= 4 is 17.5 Å². The molecule has 2 amide bonds. The Morgan fingerprint density at radius 2 is 1.77 bits per heavy atom. The van der Waals surface area contributed by atoms with Gasteiger partial charge in [0.1, 0.15) is 11.9 Å². The van der Waals surface area contributed by atoms with Gasteiger partial charge in [0.05, 0.1) is 11.3 Å². The van der Waals surface area contributed by atoms with Crippen LogP contribution in [0.1, 0.15) is 37.8 Å². The number of hydrogen-bond acceptors (Lipinski definition) is 4. The first kappa shape index (κ1) is 23.0. The maximum absolute atomic E-state index is 14.2. The Morgan fingerprint density at radius 1 is 1.13 bits per heavy atom. The van der Waals surface area contributed by atoms with E-state index in [0.29, 0.717) is 6.54 Å². The molecule has 8 heteroatoms. The highest BCUT2D eigenvalue weighted by atomic mass is 19.1. The summed E-state index contributed by atoms with van der Waals surface area (Å²) in [4.78, 5) is 37.6. The van der Waals surface area contributed by atoms with Crippen molar-refractivity contribution < 1.29 is 18.9 Å². The van der Waals surface area contributed by atoms with Crippen molar-refractivity contribution in [3.63, 3.8) is 0 Å². The molecule has 30 heavy (non-hydrogen) atoms. The minimum absolute atomic E-state index is 0.117. The van der Waals surface area contributed by atoms with Gasteiger partial charge < -0.3 is 10.2 Å². The van der Waals surface area contributed by atoms with E-state index in [1.165, 1.54) is 29.2 Å². The van der Waals surface area contributed by atoms with Crippen molar-refractivity contribution in [2.45, 2.75) is 45.7 Å². The average Bonchev–Trinajstić information content (AvgIpc) is 2.73. The number of nitro benzene ring substituents is 1. The summed E-state index contributed by atoms with van der Waals surface area (Å²) in [6.45, 7) is 3.93. The van der Waals surface area contributed by atoms with Crippen LogP contribution in [0.5, 0.6) is 0 Å². The number of halogens is 1. The lowest BCUT2D eigenvalue weighted by Crippen LogP contribution is -2.48. The van der Waals surface area contributed by atoms with Crippen LogP contribution in [0.3, 0.4) is 0 Å². The summed E-state index contributed by atoms with van der Waals surface area (Å²) in [5, 5.41) is 14.0. The molecule has 0 saturated carbocycles. The van der Waals surface area contributed by atoms with Gasteiger partial charge in [-0.25, -0.2) is 4.39 Å². The van der Waals surface area contributed by atoms with Crippen molar-refractivity contribution in [1.82, 2.24) is 10.2 Å². The largest absolute Gasteiger partial charge is 0.354 e. The van der Waals surface area contributed by atoms with E-state index < -0.39 is 22.7 Å². The number of unbranched alkanes of at least 4 members (excludes halogenated alkanes) is 1. The Hall–Kier alpha value is -3.29. The monoisotopic (exact) mass is 415 g/mol. The van der Waals surface area contributed by atoms with Gasteiger partial charge in [-0.3, -0.25) is 19.7 Å². The first-order valence-corrected chi connectivity index (χ1v) is 9.88. The molecule has 0 aliphatic carbocycles. The third kappa shape index (κ3) is 6.10. The molecule has 2 rings (SSSR count). The molecule has 0 fully saturated rings. The van der Waals surface area contributed by atoms with Crippen molar-refractivity contribution in [2.24, 2.45) is 0 Å². The van der Waals surface area contributed by atoms with Crippen LogP contribution in [0.2, 0.25) is 0 Å². The zero-order chi connectivity index (χ0) is 22.1. The Balaban J connectivity index is 2.28. The summed E-state index contributed by atoms with van der Waals surface area (Å²) in [6, 6.07) is 11.1. The van der Waals surface area contributed by atoms with Gasteiger partial charge in [0.2, 0.25) is 11.8 Å². The third-order valence-electron chi connectivity index (χ3n) is 4.83. The molecule has 0 unspecified atom stereocenters. The van der Waals surface area contributed by atoms with Gasteiger partial charge in [-0.15, -0.1) is 0 Å². The van der Waals surface area contributed by atoms with Crippen LogP contribution in [-0.4, -0.2) is 34.2 Å². The standard InChI is InChI=1S/C22H26FN3O4/c1-3-4-13-24-22(28)16(2)25(15-18-10-5-7-11-19(18)23)21(27)14-17-9-6-8-12-20(17)26(29)30/h5-12,16H,3-4,13-15H2,1-2H3,(H,24,28)/t16-/m0/s1. The molecule has 0 spiro atoms. The molecule has 0 bridgehead atoms. The lowest BCUT2D eigenvalue weighted by atomic mass is 10.1. The van der Waals surface area contributed by atoms with Crippen molar-refractivity contribution in [1.29, 1.82) is 0 Å². The summed E-state index contributed by atoms with van der Waals surface area (Å²) in [7, 11) is 0. The molecule has 2 aromatic rings. The Morgan fingerprint density at radius 3 is 2.40 bits per heavy atom. The van der Waals surface area contributed by atoms with Gasteiger partial charge in [0.25, 0.3) is 5.69 Å². The SMILES string of the molecule is CCCCNC(=O)[C@H](C)N(Cc1ccccc1F)C(=O)Cc1ccccc1[N+](=O)[O-]. The van der Waals surface area contributed by atoms with Crippen LogP contribution in [0, 0.1) is 15.9 Å². The minimum Gasteiger partial charge on any atom is -0.354 e. The Kier molecular flexibility index (Phi) is 8.46. The summed E-state index contributed by atoms with van der Waals surface area (Å²) in [6.07, 6.45) is 1.44. The number of nitro groups is 1. The van der Waals surface area contributed by atoms with Crippen LogP contribution < -0.4 is 5.32 Å². The van der Waals surface area contributed by atoms with E-state index >= 15 is 0 Å². The fourth-order valence-corrected chi connectivity index (χ4v) is 3.03. The maximum atomic E-state index is 14.2. The van der Waals surface area contributed by atoms with Crippen molar-refractivity contribution in [3.8, 4) is 0 Å². The fourth-order valence-electron chi connectivity index (χ4n) is 3.03. The van der Waals surface area contributed by atoms with Gasteiger partial charge in [-0.05, 0) is 19.4 Å². The van der Waals surface area contributed by atoms with Gasteiger partial charge in [-0.2, -0.15) is 0 Å². The molecule has 0 saturated heterocycles. The molecule has 2 aromatic carbocycles. The number of nitrogens with one attached hydrogen (secondary N) is 1. The number of hydrogen-bond donors (Lipinski definition) is 1. The number of carbonyl (C=O) groups excluding carboxylic acids is 2. The molecule has 0 aromatic heterocycles. The first-order chi connectivity index (χ1) is 14.3. The average molecular weight is 415 g/mol. The van der Waals surface area contributed by atoms with Crippen LogP contribution in [0.4, 0.5) is 10.1 Å². The van der Waals surface area contributed by atoms with E-state index in [9.17, 15) is 24.1 Å². The van der Waals surface area contributed by atoms with Crippen LogP contribution >= 0.6 is 0 Å². The number of rotatable bonds is 10. The zero-order valence-electron chi connectivity index (χ0n) is 17.1. The minimum atomic E-state index is -0.864. The van der Waals surface area contributed by atoms with Crippen molar-refractivity contribution in [2.75, 3.05) is 6.54 Å². The summed E-state index contributed by atoms with van der Waals surface area (Å²) >= 11 is 0. The number of nitrogens with zero attached hydrogens (tertiary/aromatic N) is 2. The Labute approximate surface area is 175 Å². The van der Waals surface area contributed by atoms with E-state index in [-0.39, 0.29) is 35.7 Å². The number of amides is 2. The second-order valence-electron chi connectivity index (χ2n) is 7.00. The van der Waals surface area contributed by atoms with Crippen LogP contribution in [-0.2, 0) is 22.6 Å². The molecule has 0 heterocycles. The van der Waals surface area contributed by atoms with Gasteiger partial charge in [0, 0.05) is 30.3 Å². The summed E-state index contributed by atoms with van der Waals surface area (Å²) in [5.41, 5.74) is 0.336. The molecule has 0 radical (unpaired) electrons. The van der Waals surface area contributed by atoms with E-state index in [4.69, 9.17) is 0 Å². The topological polar surface area (TPSA) is 92.6 Å². The van der Waals surface area contributed by atoms with Crippen molar-refractivity contribution in [3.05, 3.63) is 75.6 Å². The zero-order valence-corrected chi connectivity index (χ0v) is 17.1. The van der Waals surface area contributed by atoms with Crippen LogP contribution in [0.15, 0.2) is 48.5 Å². The first-order valence-electron chi connectivity index (χ1n) is 9.88. The normalized spacial score (nSPS) is 11.6. The number of benzene rings is 2. The number of para-hydroxylation sites is 1. The lowest BCUT2D eigenvalue weighted by Gasteiger charge is -2.29. The maximum Gasteiger partial charge on any atom is 0.273 e. The molecule has 0 aliphatic heterocycles. The van der Waals surface area contributed by atoms with E-state index in [1.54, 1.807) is 31.2 Å². The van der Waals surface area contributed by atoms with Crippen LogP contribution in [0.25, 0.3) is 0 Å². The molecule has 0 aliphatic rings. The predicted octanol–water partition coefficient (Wildman–Crippen LogP) is 3.61. The van der Waals surface area contributed by atoms with E-state index in [1.807, 2.05) is 6.92 Å². The molecule has 1 atom stereocenters. The molecular weight excluding hydrogens is 389 g/mol. The second kappa shape index (κ2) is 11.0. The summed E-state index contributed by atoms with van der Waals surface area (Å²) in [5.74, 6) is -1.33. The van der Waals surface area contributed by atoms with Gasteiger partial charge in [-0.1, -0.05) is 49.7 Å². The Bertz CT molecular complexity index is 903. The summed E-state index contributed by atoms with van der Waals surface area (Å²) < 4.78 is 14.2. The molecular formula is C22H26FN3O4. The number of carbonyl (C=O) groups is 2. The highest BCUT2D eigenvalue weighted by molar-refractivity contribution is 5.88. The van der Waals surface area contributed by atoms with Gasteiger partial charge in [0.15, 0.2) is 0 Å². The van der Waals surface area contributed by atoms with E-state index in [2.05, 4.69) is 5.32 Å². The smallest absolute Gasteiger partial charge is 0.273 e.